The molecule has 1 saturated heterocycles. The van der Waals surface area contributed by atoms with Crippen LogP contribution in [0.3, 0.4) is 0 Å². The molecule has 5 heteroatoms. The van der Waals surface area contributed by atoms with E-state index >= 15 is 0 Å². The van der Waals surface area contributed by atoms with E-state index in [4.69, 9.17) is 5.73 Å². The molecular weight excluding hydrogens is 281 g/mol. The molecule has 4 nitrogen and oxygen atoms in total. The minimum Gasteiger partial charge on any atom is -0.369 e. The summed E-state index contributed by atoms with van der Waals surface area (Å²) in [5.41, 5.74) is 6.32. The zero-order chi connectivity index (χ0) is 15.8. The highest BCUT2D eigenvalue weighted by atomic mass is 19.1. The number of hydrogen-bond donors (Lipinski definition) is 2. The van der Waals surface area contributed by atoms with Crippen molar-refractivity contribution in [1.82, 2.24) is 10.2 Å². The lowest BCUT2D eigenvalue weighted by atomic mass is 9.96. The topological polar surface area (TPSA) is 58.4 Å². The van der Waals surface area contributed by atoms with E-state index in [1.165, 1.54) is 6.07 Å². The normalized spacial score (nSPS) is 16.8. The van der Waals surface area contributed by atoms with Crippen LogP contribution in [0.15, 0.2) is 24.3 Å². The summed E-state index contributed by atoms with van der Waals surface area (Å²) >= 11 is 0. The van der Waals surface area contributed by atoms with Crippen molar-refractivity contribution in [3.8, 4) is 0 Å². The molecule has 1 aliphatic heterocycles. The van der Waals surface area contributed by atoms with Gasteiger partial charge in [0.15, 0.2) is 0 Å². The van der Waals surface area contributed by atoms with Gasteiger partial charge in [-0.05, 0) is 69.6 Å². The van der Waals surface area contributed by atoms with Gasteiger partial charge in [-0.1, -0.05) is 12.1 Å². The molecule has 1 heterocycles. The number of piperidine rings is 1. The summed E-state index contributed by atoms with van der Waals surface area (Å²) in [6.07, 6.45) is 4.03. The maximum absolute atomic E-state index is 13.0. The summed E-state index contributed by atoms with van der Waals surface area (Å²) in [4.78, 5) is 13.5. The van der Waals surface area contributed by atoms with Gasteiger partial charge in [-0.15, -0.1) is 0 Å². The lowest BCUT2D eigenvalue weighted by molar-refractivity contribution is -0.123. The lowest BCUT2D eigenvalue weighted by Gasteiger charge is -2.30. The van der Waals surface area contributed by atoms with Gasteiger partial charge in [-0.3, -0.25) is 4.79 Å². The van der Waals surface area contributed by atoms with Crippen LogP contribution < -0.4 is 11.1 Å². The average molecular weight is 307 g/mol. The Morgan fingerprint density at radius 3 is 2.77 bits per heavy atom. The second-order valence-electron chi connectivity index (χ2n) is 6.03. The van der Waals surface area contributed by atoms with Crippen molar-refractivity contribution >= 4 is 5.91 Å². The molecule has 2 rings (SSSR count). The van der Waals surface area contributed by atoms with Crippen molar-refractivity contribution < 1.29 is 9.18 Å². The lowest BCUT2D eigenvalue weighted by Crippen LogP contribution is -2.39. The van der Waals surface area contributed by atoms with E-state index in [-0.39, 0.29) is 17.6 Å². The van der Waals surface area contributed by atoms with Gasteiger partial charge >= 0.3 is 0 Å². The molecule has 0 atom stereocenters. The predicted molar refractivity (Wildman–Crippen MR) is 85.7 cm³/mol. The molecule has 1 aliphatic rings. The first-order valence-corrected chi connectivity index (χ1v) is 8.12. The van der Waals surface area contributed by atoms with Gasteiger partial charge in [0.2, 0.25) is 5.91 Å². The smallest absolute Gasteiger partial charge is 0.220 e. The second kappa shape index (κ2) is 8.86. The molecular formula is C17H26FN3O. The van der Waals surface area contributed by atoms with E-state index in [0.29, 0.717) is 6.54 Å². The fraction of sp³-hybridized carbons (Fsp3) is 0.588. The first-order chi connectivity index (χ1) is 10.6. The van der Waals surface area contributed by atoms with Crippen molar-refractivity contribution in [3.05, 3.63) is 35.6 Å². The number of likely N-dealkylation sites (tertiary alicyclic amines) is 1. The Bertz CT molecular complexity index is 473. The van der Waals surface area contributed by atoms with Crippen molar-refractivity contribution in [2.24, 2.45) is 11.7 Å². The molecule has 3 N–H and O–H groups in total. The van der Waals surface area contributed by atoms with E-state index in [1.54, 1.807) is 12.1 Å². The van der Waals surface area contributed by atoms with Crippen LogP contribution in [0.25, 0.3) is 0 Å². The number of halogens is 1. The third-order valence-electron chi connectivity index (χ3n) is 4.29. The average Bonchev–Trinajstić information content (AvgIpc) is 2.51. The van der Waals surface area contributed by atoms with E-state index in [9.17, 15) is 9.18 Å². The minimum atomic E-state index is -0.182. The number of hydrogen-bond acceptors (Lipinski definition) is 3. The van der Waals surface area contributed by atoms with Gasteiger partial charge in [0, 0.05) is 12.5 Å². The minimum absolute atomic E-state index is 0.0733. The fourth-order valence-electron chi connectivity index (χ4n) is 2.91. The maximum Gasteiger partial charge on any atom is 0.220 e. The molecule has 0 aliphatic carbocycles. The zero-order valence-electron chi connectivity index (χ0n) is 13.1. The van der Waals surface area contributed by atoms with Gasteiger partial charge < -0.3 is 16.0 Å². The Kier molecular flexibility index (Phi) is 6.80. The first-order valence-electron chi connectivity index (χ1n) is 8.12. The highest BCUT2D eigenvalue weighted by Gasteiger charge is 2.22. The van der Waals surface area contributed by atoms with Crippen LogP contribution in [0.2, 0.25) is 0 Å². The Balaban J connectivity index is 1.50. The van der Waals surface area contributed by atoms with Gasteiger partial charge in [0.1, 0.15) is 5.82 Å². The van der Waals surface area contributed by atoms with Crippen molar-refractivity contribution in [3.63, 3.8) is 0 Å². The van der Waals surface area contributed by atoms with Gasteiger partial charge in [0.25, 0.3) is 0 Å². The fourth-order valence-corrected chi connectivity index (χ4v) is 2.91. The summed E-state index contributed by atoms with van der Waals surface area (Å²) in [7, 11) is 0. The Hall–Kier alpha value is -1.46. The molecule has 0 aromatic heterocycles. The summed E-state index contributed by atoms with van der Waals surface area (Å²) in [5, 5.41) is 3.34. The molecule has 1 fully saturated rings. The van der Waals surface area contributed by atoms with E-state index < -0.39 is 0 Å². The molecule has 1 aromatic rings. The highest BCUT2D eigenvalue weighted by Crippen LogP contribution is 2.16. The molecule has 0 bridgehead atoms. The number of nitrogens with zero attached hydrogens (tertiary/aromatic N) is 1. The van der Waals surface area contributed by atoms with Crippen molar-refractivity contribution in [1.29, 1.82) is 0 Å². The SMILES string of the molecule is NC(=O)C1CCN(CCCCNCc2cccc(F)c2)CC1. The van der Waals surface area contributed by atoms with Crippen molar-refractivity contribution in [2.75, 3.05) is 26.2 Å². The Morgan fingerprint density at radius 1 is 1.32 bits per heavy atom. The summed E-state index contributed by atoms with van der Waals surface area (Å²) in [6.45, 7) is 4.68. The Morgan fingerprint density at radius 2 is 2.09 bits per heavy atom. The van der Waals surface area contributed by atoms with Crippen LogP contribution in [0.4, 0.5) is 4.39 Å². The number of primary amides is 1. The first kappa shape index (κ1) is 16.9. The number of carbonyl (C=O) groups is 1. The second-order valence-corrected chi connectivity index (χ2v) is 6.03. The van der Waals surface area contributed by atoms with Crippen LogP contribution in [-0.4, -0.2) is 37.0 Å². The summed E-state index contributed by atoms with van der Waals surface area (Å²) in [5.74, 6) is -0.260. The molecule has 1 aromatic carbocycles. The highest BCUT2D eigenvalue weighted by molar-refractivity contribution is 5.76. The number of benzene rings is 1. The standard InChI is InChI=1S/C17H26FN3O/c18-16-5-3-4-14(12-16)13-20-8-1-2-9-21-10-6-15(7-11-21)17(19)22/h3-5,12,15,20H,1-2,6-11,13H2,(H2,19,22). The van der Waals surface area contributed by atoms with E-state index in [0.717, 1.165) is 57.4 Å². The molecule has 22 heavy (non-hydrogen) atoms. The third kappa shape index (κ3) is 5.73. The van der Waals surface area contributed by atoms with Gasteiger partial charge in [-0.2, -0.15) is 0 Å². The maximum atomic E-state index is 13.0. The number of amides is 1. The van der Waals surface area contributed by atoms with Crippen LogP contribution >= 0.6 is 0 Å². The molecule has 0 unspecified atom stereocenters. The monoisotopic (exact) mass is 307 g/mol. The van der Waals surface area contributed by atoms with Crippen LogP contribution in [0.1, 0.15) is 31.2 Å². The molecule has 0 radical (unpaired) electrons. The number of nitrogens with one attached hydrogen (secondary N) is 1. The predicted octanol–water partition coefficient (Wildman–Crippen LogP) is 1.89. The molecule has 0 spiro atoms. The van der Waals surface area contributed by atoms with E-state index in [1.807, 2.05) is 6.07 Å². The van der Waals surface area contributed by atoms with Crippen LogP contribution in [0.5, 0.6) is 0 Å². The zero-order valence-corrected chi connectivity index (χ0v) is 13.1. The van der Waals surface area contributed by atoms with E-state index in [2.05, 4.69) is 10.2 Å². The number of unbranched alkanes of at least 4 members (excludes halogenated alkanes) is 1. The summed E-state index contributed by atoms with van der Waals surface area (Å²) in [6, 6.07) is 6.70. The number of rotatable bonds is 8. The number of carbonyl (C=O) groups excluding carboxylic acids is 1. The molecule has 122 valence electrons. The van der Waals surface area contributed by atoms with Gasteiger partial charge in [-0.25, -0.2) is 4.39 Å². The third-order valence-corrected chi connectivity index (χ3v) is 4.29. The van der Waals surface area contributed by atoms with Gasteiger partial charge in [0.05, 0.1) is 0 Å². The van der Waals surface area contributed by atoms with Crippen LogP contribution in [0, 0.1) is 11.7 Å². The Labute approximate surface area is 131 Å². The summed E-state index contributed by atoms with van der Waals surface area (Å²) < 4.78 is 13.0. The largest absolute Gasteiger partial charge is 0.369 e. The number of nitrogens with two attached hydrogens (primary N) is 1. The molecule has 0 saturated carbocycles. The van der Waals surface area contributed by atoms with Crippen molar-refractivity contribution in [2.45, 2.75) is 32.2 Å². The van der Waals surface area contributed by atoms with Crippen LogP contribution in [-0.2, 0) is 11.3 Å². The molecule has 1 amide bonds. The quantitative estimate of drug-likeness (QED) is 0.721.